The van der Waals surface area contributed by atoms with Gasteiger partial charge in [0.2, 0.25) is 5.91 Å². The first-order valence-electron chi connectivity index (χ1n) is 13.9. The van der Waals surface area contributed by atoms with Crippen molar-refractivity contribution in [2.45, 2.75) is 85.4 Å². The number of methoxy groups -OCH3 is 1. The van der Waals surface area contributed by atoms with Gasteiger partial charge in [0.15, 0.2) is 0 Å². The second kappa shape index (κ2) is 13.9. The molecular formula is C30H44N4O3S. The highest BCUT2D eigenvalue weighted by Gasteiger charge is 2.28. The number of fused-ring (bicyclic) bond motifs is 1. The molecule has 2 heterocycles. The van der Waals surface area contributed by atoms with Crippen molar-refractivity contribution in [2.24, 2.45) is 5.92 Å². The third-order valence-corrected chi connectivity index (χ3v) is 8.00. The molecule has 0 saturated heterocycles. The standard InChI is InChI=1S/C30H44N4O3S/c1-8-23(9-2)34-27-14-13-22(17-25(27)31-28(34)18-24-12-11-15-38-24)29(35)32-26(16-20(4)5)30(36)33(10-3)19-21(6)37-7/h11-15,17,20-21,23,26H,8-10,16,18-19H2,1-7H3,(H,32,35)/t21?,26-/m0/s1. The van der Waals surface area contributed by atoms with Gasteiger partial charge in [0.1, 0.15) is 11.9 Å². The van der Waals surface area contributed by atoms with Crippen molar-refractivity contribution in [3.8, 4) is 0 Å². The van der Waals surface area contributed by atoms with Crippen LogP contribution in [0.5, 0.6) is 0 Å². The van der Waals surface area contributed by atoms with E-state index in [2.05, 4.69) is 55.1 Å². The zero-order chi connectivity index (χ0) is 27.8. The lowest BCUT2D eigenvalue weighted by molar-refractivity contribution is -0.135. The number of aromatic nitrogens is 2. The summed E-state index contributed by atoms with van der Waals surface area (Å²) in [5.41, 5.74) is 2.37. The first kappa shape index (κ1) is 29.8. The van der Waals surface area contributed by atoms with Gasteiger partial charge in [-0.25, -0.2) is 4.98 Å². The highest BCUT2D eigenvalue weighted by atomic mass is 32.1. The first-order chi connectivity index (χ1) is 18.2. The number of rotatable bonds is 14. The lowest BCUT2D eigenvalue weighted by Crippen LogP contribution is -2.50. The number of nitrogens with one attached hydrogen (secondary N) is 1. The van der Waals surface area contributed by atoms with E-state index in [-0.39, 0.29) is 23.8 Å². The third-order valence-electron chi connectivity index (χ3n) is 7.13. The van der Waals surface area contributed by atoms with Gasteiger partial charge in [-0.1, -0.05) is 33.8 Å². The van der Waals surface area contributed by atoms with E-state index in [1.165, 1.54) is 4.88 Å². The van der Waals surface area contributed by atoms with Crippen molar-refractivity contribution in [3.05, 3.63) is 52.0 Å². The van der Waals surface area contributed by atoms with Gasteiger partial charge in [-0.2, -0.15) is 0 Å². The van der Waals surface area contributed by atoms with Crippen LogP contribution in [0.25, 0.3) is 11.0 Å². The molecule has 0 saturated carbocycles. The monoisotopic (exact) mass is 540 g/mol. The number of hydrogen-bond donors (Lipinski definition) is 1. The van der Waals surface area contributed by atoms with Crippen LogP contribution >= 0.6 is 11.3 Å². The number of carbonyl (C=O) groups excluding carboxylic acids is 2. The minimum atomic E-state index is -0.598. The SMILES string of the molecule is CCC(CC)n1c(Cc2cccs2)nc2cc(C(=O)N[C@@H](CC(C)C)C(=O)N(CC)CC(C)OC)ccc21. The number of nitrogens with zero attached hydrogens (tertiary/aromatic N) is 3. The third kappa shape index (κ3) is 7.23. The molecule has 38 heavy (non-hydrogen) atoms. The molecule has 8 heteroatoms. The molecule has 1 N–H and O–H groups in total. The van der Waals surface area contributed by atoms with Gasteiger partial charge in [0, 0.05) is 43.1 Å². The van der Waals surface area contributed by atoms with Crippen LogP contribution in [0.2, 0.25) is 0 Å². The number of hydrogen-bond acceptors (Lipinski definition) is 5. The smallest absolute Gasteiger partial charge is 0.252 e. The van der Waals surface area contributed by atoms with Crippen LogP contribution in [0.15, 0.2) is 35.7 Å². The van der Waals surface area contributed by atoms with E-state index in [4.69, 9.17) is 9.72 Å². The molecule has 2 atom stereocenters. The molecule has 0 aliphatic carbocycles. The highest BCUT2D eigenvalue weighted by molar-refractivity contribution is 7.09. The number of amides is 2. The minimum Gasteiger partial charge on any atom is -0.380 e. The molecule has 0 aliphatic rings. The van der Waals surface area contributed by atoms with Crippen molar-refractivity contribution in [2.75, 3.05) is 20.2 Å². The first-order valence-corrected chi connectivity index (χ1v) is 14.8. The topological polar surface area (TPSA) is 76.5 Å². The van der Waals surface area contributed by atoms with E-state index >= 15 is 0 Å². The fraction of sp³-hybridized carbons (Fsp3) is 0.567. The second-order valence-corrected chi connectivity index (χ2v) is 11.4. The molecule has 0 fully saturated rings. The minimum absolute atomic E-state index is 0.0734. The van der Waals surface area contributed by atoms with Gasteiger partial charge in [-0.3, -0.25) is 9.59 Å². The molecule has 7 nitrogen and oxygen atoms in total. The molecular weight excluding hydrogens is 496 g/mol. The zero-order valence-corrected chi connectivity index (χ0v) is 24.8. The lowest BCUT2D eigenvalue weighted by Gasteiger charge is -2.29. The van der Waals surface area contributed by atoms with Crippen molar-refractivity contribution in [1.82, 2.24) is 19.8 Å². The number of likely N-dealkylation sites (N-methyl/N-ethyl adjacent to an activating group) is 1. The Kier molecular flexibility index (Phi) is 10.9. The van der Waals surface area contributed by atoms with Crippen molar-refractivity contribution < 1.29 is 14.3 Å². The summed E-state index contributed by atoms with van der Waals surface area (Å²) in [5, 5.41) is 5.12. The summed E-state index contributed by atoms with van der Waals surface area (Å²) in [6, 6.07) is 9.68. The molecule has 1 unspecified atom stereocenters. The summed E-state index contributed by atoms with van der Waals surface area (Å²) < 4.78 is 7.72. The molecule has 0 aliphatic heterocycles. The van der Waals surface area contributed by atoms with Crippen LogP contribution in [0.1, 0.15) is 87.9 Å². The average molecular weight is 541 g/mol. The normalized spacial score (nSPS) is 13.3. The van der Waals surface area contributed by atoms with Crippen molar-refractivity contribution >= 4 is 34.2 Å². The Morgan fingerprint density at radius 2 is 1.87 bits per heavy atom. The predicted molar refractivity (Wildman–Crippen MR) is 156 cm³/mol. The summed E-state index contributed by atoms with van der Waals surface area (Å²) in [6.07, 6.45) is 3.28. The fourth-order valence-electron chi connectivity index (χ4n) is 4.96. The van der Waals surface area contributed by atoms with Crippen LogP contribution in [-0.4, -0.2) is 58.6 Å². The Morgan fingerprint density at radius 3 is 2.45 bits per heavy atom. The summed E-state index contributed by atoms with van der Waals surface area (Å²) in [4.78, 5) is 34.9. The zero-order valence-electron chi connectivity index (χ0n) is 24.0. The maximum Gasteiger partial charge on any atom is 0.252 e. The fourth-order valence-corrected chi connectivity index (χ4v) is 5.66. The highest BCUT2D eigenvalue weighted by Crippen LogP contribution is 2.28. The van der Waals surface area contributed by atoms with Crippen LogP contribution in [0.4, 0.5) is 0 Å². The van der Waals surface area contributed by atoms with Crippen LogP contribution in [-0.2, 0) is 16.0 Å². The van der Waals surface area contributed by atoms with E-state index < -0.39 is 6.04 Å². The number of carbonyl (C=O) groups is 2. The summed E-state index contributed by atoms with van der Waals surface area (Å²) in [7, 11) is 1.64. The van der Waals surface area contributed by atoms with Gasteiger partial charge in [-0.05, 0) is 68.7 Å². The lowest BCUT2D eigenvalue weighted by atomic mass is 10.0. The Bertz CT molecular complexity index is 1180. The van der Waals surface area contributed by atoms with Crippen molar-refractivity contribution in [3.63, 3.8) is 0 Å². The molecule has 0 bridgehead atoms. The predicted octanol–water partition coefficient (Wildman–Crippen LogP) is 6.08. The molecule has 0 radical (unpaired) electrons. The molecule has 2 amide bonds. The van der Waals surface area contributed by atoms with Crippen LogP contribution < -0.4 is 5.32 Å². The molecule has 208 valence electrons. The van der Waals surface area contributed by atoms with E-state index in [1.807, 2.05) is 32.0 Å². The molecule has 2 aromatic heterocycles. The van der Waals surface area contributed by atoms with Crippen LogP contribution in [0.3, 0.4) is 0 Å². The Morgan fingerprint density at radius 1 is 1.13 bits per heavy atom. The summed E-state index contributed by atoms with van der Waals surface area (Å²) >= 11 is 1.73. The maximum atomic E-state index is 13.4. The van der Waals surface area contributed by atoms with Crippen molar-refractivity contribution in [1.29, 1.82) is 0 Å². The number of imidazole rings is 1. The average Bonchev–Trinajstić information content (AvgIpc) is 3.54. The van der Waals surface area contributed by atoms with Gasteiger partial charge >= 0.3 is 0 Å². The molecule has 3 aromatic rings. The Hall–Kier alpha value is -2.71. The number of ether oxygens (including phenoxy) is 1. The van der Waals surface area contributed by atoms with Gasteiger partial charge in [0.25, 0.3) is 5.91 Å². The summed E-state index contributed by atoms with van der Waals surface area (Å²) in [6.45, 7) is 13.5. The molecule has 0 spiro atoms. The number of benzene rings is 1. The Balaban J connectivity index is 1.90. The van der Waals surface area contributed by atoms with Gasteiger partial charge in [0.05, 0.1) is 17.1 Å². The summed E-state index contributed by atoms with van der Waals surface area (Å²) in [5.74, 6) is 0.947. The van der Waals surface area contributed by atoms with E-state index in [9.17, 15) is 9.59 Å². The Labute approximate surface area is 231 Å². The van der Waals surface area contributed by atoms with E-state index in [0.29, 0.717) is 31.1 Å². The van der Waals surface area contributed by atoms with Crippen LogP contribution in [0, 0.1) is 5.92 Å². The van der Waals surface area contributed by atoms with E-state index in [1.54, 1.807) is 23.3 Å². The maximum absolute atomic E-state index is 13.4. The molecule has 1 aromatic carbocycles. The number of thiophene rings is 1. The molecule has 3 rings (SSSR count). The van der Waals surface area contributed by atoms with Gasteiger partial charge < -0.3 is 19.5 Å². The largest absolute Gasteiger partial charge is 0.380 e. The quantitative estimate of drug-likeness (QED) is 0.269. The second-order valence-electron chi connectivity index (χ2n) is 10.4. The van der Waals surface area contributed by atoms with Gasteiger partial charge in [-0.15, -0.1) is 11.3 Å². The van der Waals surface area contributed by atoms with E-state index in [0.717, 1.165) is 36.1 Å².